The summed E-state index contributed by atoms with van der Waals surface area (Å²) in [4.78, 5) is 15.3. The van der Waals surface area contributed by atoms with Crippen molar-refractivity contribution in [3.05, 3.63) is 187 Å². The highest BCUT2D eigenvalue weighted by atomic mass is 16.1. The van der Waals surface area contributed by atoms with Gasteiger partial charge in [0.05, 0.1) is 5.41 Å². The standard InChI is InChI=1S/C46H57NO/c1-7-13-17-25-35-46(36-26-18-14-8-2,45(48)44(34-16-10-4)40-29-21-19-22-30-40)41(28-12-6)37-39(27-11-5)38-43(33-20-15-9-3)47-42-31-23-24-32-42/h7,9-13,15-19,21-31,34-35,37-38,43,47H,1,8,14,20,32-33,36H2,2-6H3/b15-9-,16-10-,17-13-,26-18-,27-11-,28-12-,35-25-,39-38+,41-37+,44-34-. The molecule has 1 aromatic carbocycles. The molecule has 1 aliphatic carbocycles. The highest BCUT2D eigenvalue weighted by molar-refractivity contribution is 6.25. The molecule has 252 valence electrons. The van der Waals surface area contributed by atoms with E-state index in [4.69, 9.17) is 0 Å². The number of allylic oxidation sites excluding steroid dienone is 23. The molecule has 1 aromatic rings. The molecule has 0 saturated carbocycles. The van der Waals surface area contributed by atoms with Crippen LogP contribution in [-0.4, -0.2) is 11.8 Å². The predicted octanol–water partition coefficient (Wildman–Crippen LogP) is 12.4. The fourth-order valence-electron chi connectivity index (χ4n) is 5.54. The molecule has 0 heterocycles. The molecular weight excluding hydrogens is 583 g/mol. The van der Waals surface area contributed by atoms with E-state index in [0.29, 0.717) is 12.0 Å². The fourth-order valence-corrected chi connectivity index (χ4v) is 5.54. The van der Waals surface area contributed by atoms with Gasteiger partial charge in [0.15, 0.2) is 5.78 Å². The van der Waals surface area contributed by atoms with Gasteiger partial charge in [-0.25, -0.2) is 0 Å². The van der Waals surface area contributed by atoms with E-state index in [0.717, 1.165) is 48.8 Å². The van der Waals surface area contributed by atoms with Crippen LogP contribution >= 0.6 is 0 Å². The second-order valence-electron chi connectivity index (χ2n) is 11.7. The first-order chi connectivity index (χ1) is 23.5. The van der Waals surface area contributed by atoms with Crippen molar-refractivity contribution in [2.45, 2.75) is 79.2 Å². The Balaban J connectivity index is 2.95. The Morgan fingerprint density at radius 3 is 2.35 bits per heavy atom. The van der Waals surface area contributed by atoms with Gasteiger partial charge in [0.2, 0.25) is 0 Å². The molecule has 2 heteroatoms. The number of ketones is 1. The van der Waals surface area contributed by atoms with Gasteiger partial charge in [-0.2, -0.15) is 0 Å². The molecule has 0 amide bonds. The minimum absolute atomic E-state index is 0.0466. The van der Waals surface area contributed by atoms with Crippen LogP contribution < -0.4 is 5.32 Å². The number of rotatable bonds is 21. The minimum Gasteiger partial charge on any atom is -0.382 e. The second-order valence-corrected chi connectivity index (χ2v) is 11.7. The van der Waals surface area contributed by atoms with Crippen LogP contribution in [-0.2, 0) is 4.79 Å². The molecule has 0 fully saturated rings. The SMILES string of the molecule is C=C/C=C\C=C/C(C/C=C\CCC)(C(=O)/C(=C\C=C/C)c1ccccc1)C(/C=C\C)=C/C(/C=C\C)=C/C(CC/C=C\C)NC1=CC=CC1. The molecule has 0 aliphatic heterocycles. The smallest absolute Gasteiger partial charge is 0.178 e. The van der Waals surface area contributed by atoms with Crippen LogP contribution in [0.4, 0.5) is 0 Å². The van der Waals surface area contributed by atoms with E-state index >= 15 is 4.79 Å². The van der Waals surface area contributed by atoms with Gasteiger partial charge in [0, 0.05) is 23.7 Å². The van der Waals surface area contributed by atoms with E-state index < -0.39 is 5.41 Å². The second kappa shape index (κ2) is 23.6. The van der Waals surface area contributed by atoms with Crippen molar-refractivity contribution in [3.63, 3.8) is 0 Å². The summed E-state index contributed by atoms with van der Waals surface area (Å²) in [6.45, 7) is 14.1. The maximum Gasteiger partial charge on any atom is 0.178 e. The van der Waals surface area contributed by atoms with E-state index in [2.05, 4.69) is 105 Å². The Kier molecular flexibility index (Phi) is 19.4. The molecule has 0 radical (unpaired) electrons. The lowest BCUT2D eigenvalue weighted by atomic mass is 9.69. The zero-order valence-electron chi connectivity index (χ0n) is 29.9. The van der Waals surface area contributed by atoms with Gasteiger partial charge in [0.1, 0.15) is 0 Å². The number of unbranched alkanes of at least 4 members (excludes halogenated alkanes) is 1. The Hall–Kier alpha value is -4.69. The molecule has 1 aliphatic rings. The van der Waals surface area contributed by atoms with E-state index in [1.165, 1.54) is 5.70 Å². The number of carbonyl (C=O) groups is 1. The van der Waals surface area contributed by atoms with Crippen molar-refractivity contribution in [1.29, 1.82) is 0 Å². The molecule has 2 rings (SSSR count). The summed E-state index contributed by atoms with van der Waals surface area (Å²) in [7, 11) is 0. The third kappa shape index (κ3) is 13.2. The molecule has 2 unspecified atom stereocenters. The molecule has 1 N–H and O–H groups in total. The zero-order valence-corrected chi connectivity index (χ0v) is 29.9. The highest BCUT2D eigenvalue weighted by Gasteiger charge is 2.39. The first kappa shape index (κ1) is 39.5. The van der Waals surface area contributed by atoms with Gasteiger partial charge >= 0.3 is 0 Å². The van der Waals surface area contributed by atoms with Gasteiger partial charge < -0.3 is 5.32 Å². The summed E-state index contributed by atoms with van der Waals surface area (Å²) < 4.78 is 0. The number of hydrogen-bond donors (Lipinski definition) is 1. The lowest BCUT2D eigenvalue weighted by molar-refractivity contribution is -0.118. The monoisotopic (exact) mass is 639 g/mol. The van der Waals surface area contributed by atoms with Crippen LogP contribution in [0.25, 0.3) is 5.57 Å². The van der Waals surface area contributed by atoms with Crippen molar-refractivity contribution in [1.82, 2.24) is 5.32 Å². The van der Waals surface area contributed by atoms with Gasteiger partial charge in [-0.15, -0.1) is 0 Å². The molecule has 0 aromatic heterocycles. The summed E-state index contributed by atoms with van der Waals surface area (Å²) in [5.41, 5.74) is 3.79. The number of nitrogens with one attached hydrogen (secondary N) is 1. The van der Waals surface area contributed by atoms with E-state index in [1.807, 2.05) is 93.6 Å². The Morgan fingerprint density at radius 1 is 0.917 bits per heavy atom. The molecule has 48 heavy (non-hydrogen) atoms. The first-order valence-electron chi connectivity index (χ1n) is 17.5. The van der Waals surface area contributed by atoms with Crippen LogP contribution in [0.5, 0.6) is 0 Å². The number of Topliss-reactive ketones (excluding diaryl/α,β-unsaturated/α-hetero) is 1. The predicted molar refractivity (Wildman–Crippen MR) is 212 cm³/mol. The van der Waals surface area contributed by atoms with Gasteiger partial charge in [-0.05, 0) is 76.2 Å². The Bertz CT molecular complexity index is 1510. The average Bonchev–Trinajstić information content (AvgIpc) is 3.61. The van der Waals surface area contributed by atoms with Crippen LogP contribution in [0.2, 0.25) is 0 Å². The van der Waals surface area contributed by atoms with E-state index in [1.54, 1.807) is 6.08 Å². The fraction of sp³-hybridized carbons (Fsp3) is 0.283. The van der Waals surface area contributed by atoms with Crippen molar-refractivity contribution < 1.29 is 4.79 Å². The van der Waals surface area contributed by atoms with Crippen LogP contribution in [0.15, 0.2) is 181 Å². The largest absolute Gasteiger partial charge is 0.382 e. The molecular formula is C46H57NO. The molecule has 0 spiro atoms. The number of benzene rings is 1. The van der Waals surface area contributed by atoms with Gasteiger partial charge in [-0.3, -0.25) is 4.79 Å². The van der Waals surface area contributed by atoms with Gasteiger partial charge in [-0.1, -0.05) is 172 Å². The molecule has 2 atom stereocenters. The quantitative estimate of drug-likeness (QED) is 0.0824. The summed E-state index contributed by atoms with van der Waals surface area (Å²) in [5.74, 6) is 0.0466. The molecule has 0 saturated heterocycles. The van der Waals surface area contributed by atoms with Crippen LogP contribution in [0.3, 0.4) is 0 Å². The maximum absolute atomic E-state index is 15.3. The summed E-state index contributed by atoms with van der Waals surface area (Å²) in [6, 6.07) is 10.1. The van der Waals surface area contributed by atoms with Crippen LogP contribution in [0, 0.1) is 5.41 Å². The summed E-state index contributed by atoms with van der Waals surface area (Å²) in [6.07, 6.45) is 48.9. The summed E-state index contributed by atoms with van der Waals surface area (Å²) in [5, 5.41) is 3.77. The zero-order chi connectivity index (χ0) is 34.9. The highest BCUT2D eigenvalue weighted by Crippen LogP contribution is 2.42. The van der Waals surface area contributed by atoms with Crippen molar-refractivity contribution >= 4 is 11.4 Å². The van der Waals surface area contributed by atoms with Crippen LogP contribution in [0.1, 0.15) is 78.7 Å². The van der Waals surface area contributed by atoms with Gasteiger partial charge in [0.25, 0.3) is 0 Å². The normalized spacial score (nSPS) is 16.9. The van der Waals surface area contributed by atoms with Crippen molar-refractivity contribution in [2.24, 2.45) is 5.41 Å². The third-order valence-electron chi connectivity index (χ3n) is 7.95. The number of carbonyl (C=O) groups excluding carboxylic acids is 1. The first-order valence-corrected chi connectivity index (χ1v) is 17.5. The average molecular weight is 640 g/mol. The lowest BCUT2D eigenvalue weighted by Crippen LogP contribution is -2.32. The van der Waals surface area contributed by atoms with Crippen molar-refractivity contribution in [3.8, 4) is 0 Å². The Labute approximate surface area is 292 Å². The lowest BCUT2D eigenvalue weighted by Gasteiger charge is -2.32. The molecule has 2 nitrogen and oxygen atoms in total. The third-order valence-corrected chi connectivity index (χ3v) is 7.95. The van der Waals surface area contributed by atoms with E-state index in [-0.39, 0.29) is 11.8 Å². The molecule has 0 bridgehead atoms. The summed E-state index contributed by atoms with van der Waals surface area (Å²) >= 11 is 0. The Morgan fingerprint density at radius 2 is 1.71 bits per heavy atom. The topological polar surface area (TPSA) is 29.1 Å². The minimum atomic E-state index is -0.988. The maximum atomic E-state index is 15.3. The number of hydrogen-bond acceptors (Lipinski definition) is 2. The van der Waals surface area contributed by atoms with E-state index in [9.17, 15) is 0 Å². The van der Waals surface area contributed by atoms with Crippen molar-refractivity contribution in [2.75, 3.05) is 0 Å².